The molecule has 1 aliphatic heterocycles. The Morgan fingerprint density at radius 1 is 1.56 bits per heavy atom. The fraction of sp³-hybridized carbons (Fsp3) is 0.636. The summed E-state index contributed by atoms with van der Waals surface area (Å²) in [6.45, 7) is 0.542. The molecular weight excluding hydrogens is 254 g/mol. The molecule has 1 aromatic rings. The van der Waals surface area contributed by atoms with Crippen molar-refractivity contribution in [2.75, 3.05) is 18.1 Å². The van der Waals surface area contributed by atoms with Crippen molar-refractivity contribution < 1.29 is 13.2 Å². The molecule has 2 rings (SSSR count). The van der Waals surface area contributed by atoms with Crippen molar-refractivity contribution in [1.82, 2.24) is 15.3 Å². The number of hydrogen-bond acceptors (Lipinski definition) is 4. The highest BCUT2D eigenvalue weighted by Gasteiger charge is 2.29. The molecule has 0 spiro atoms. The third-order valence-corrected chi connectivity index (χ3v) is 4.91. The van der Waals surface area contributed by atoms with Gasteiger partial charge in [-0.2, -0.15) is 0 Å². The van der Waals surface area contributed by atoms with E-state index < -0.39 is 9.84 Å². The van der Waals surface area contributed by atoms with Crippen molar-refractivity contribution in [2.45, 2.75) is 19.3 Å². The summed E-state index contributed by atoms with van der Waals surface area (Å²) in [5.74, 6) is 0.291. The zero-order chi connectivity index (χ0) is 13.0. The smallest absolute Gasteiger partial charge is 0.220 e. The van der Waals surface area contributed by atoms with E-state index in [9.17, 15) is 13.2 Å². The summed E-state index contributed by atoms with van der Waals surface area (Å²) in [5.41, 5.74) is 0.971. The maximum atomic E-state index is 11.6. The molecule has 1 amide bonds. The van der Waals surface area contributed by atoms with Crippen LogP contribution in [-0.2, 0) is 21.1 Å². The molecular formula is C11H17N3O3S. The van der Waals surface area contributed by atoms with E-state index in [-0.39, 0.29) is 23.3 Å². The fourth-order valence-electron chi connectivity index (χ4n) is 2.13. The first-order chi connectivity index (χ1) is 8.55. The Balaban J connectivity index is 1.67. The highest BCUT2D eigenvalue weighted by molar-refractivity contribution is 7.91. The summed E-state index contributed by atoms with van der Waals surface area (Å²) < 4.78 is 22.5. The lowest BCUT2D eigenvalue weighted by Crippen LogP contribution is -2.28. The summed E-state index contributed by atoms with van der Waals surface area (Å²) in [6, 6.07) is 0. The number of sulfone groups is 1. The molecule has 2 N–H and O–H groups in total. The van der Waals surface area contributed by atoms with Gasteiger partial charge >= 0.3 is 0 Å². The van der Waals surface area contributed by atoms with Gasteiger partial charge in [0.1, 0.15) is 0 Å². The van der Waals surface area contributed by atoms with Crippen molar-refractivity contribution in [3.05, 3.63) is 18.2 Å². The molecule has 2 heterocycles. The molecule has 0 saturated carbocycles. The van der Waals surface area contributed by atoms with Crippen LogP contribution in [0.4, 0.5) is 0 Å². The number of aromatic nitrogens is 2. The van der Waals surface area contributed by atoms with E-state index in [1.54, 1.807) is 12.5 Å². The molecule has 0 radical (unpaired) electrons. The fourth-order valence-corrected chi connectivity index (χ4v) is 3.99. The Hall–Kier alpha value is -1.37. The second kappa shape index (κ2) is 5.51. The van der Waals surface area contributed by atoms with Gasteiger partial charge in [0.15, 0.2) is 9.84 Å². The molecule has 1 unspecified atom stereocenters. The van der Waals surface area contributed by atoms with Gasteiger partial charge in [0, 0.05) is 31.3 Å². The standard InChI is InChI=1S/C11H17N3O3S/c15-11(5-9-2-4-18(16,17)7-9)13-3-1-10-6-12-8-14-10/h6,8-9H,1-5,7H2,(H,12,14)(H,13,15). The van der Waals surface area contributed by atoms with Crippen LogP contribution < -0.4 is 5.32 Å². The van der Waals surface area contributed by atoms with E-state index in [1.165, 1.54) is 0 Å². The summed E-state index contributed by atoms with van der Waals surface area (Å²) in [5, 5.41) is 2.79. The first kappa shape index (κ1) is 13.1. The maximum absolute atomic E-state index is 11.6. The number of H-pyrrole nitrogens is 1. The number of hydrogen-bond donors (Lipinski definition) is 2. The number of carbonyl (C=O) groups is 1. The third kappa shape index (κ3) is 3.83. The quantitative estimate of drug-likeness (QED) is 0.782. The number of nitrogens with one attached hydrogen (secondary N) is 2. The van der Waals surface area contributed by atoms with E-state index in [1.807, 2.05) is 0 Å². The molecule has 1 aromatic heterocycles. The molecule has 1 saturated heterocycles. The molecule has 100 valence electrons. The molecule has 18 heavy (non-hydrogen) atoms. The van der Waals surface area contributed by atoms with Gasteiger partial charge in [-0.1, -0.05) is 0 Å². The van der Waals surface area contributed by atoms with Gasteiger partial charge in [-0.3, -0.25) is 4.79 Å². The first-order valence-corrected chi connectivity index (χ1v) is 7.82. The maximum Gasteiger partial charge on any atom is 0.220 e. The Kier molecular flexibility index (Phi) is 4.00. The molecule has 1 fully saturated rings. The second-order valence-electron chi connectivity index (χ2n) is 4.65. The highest BCUT2D eigenvalue weighted by Crippen LogP contribution is 2.21. The zero-order valence-electron chi connectivity index (χ0n) is 10.1. The average Bonchev–Trinajstić information content (AvgIpc) is 2.88. The molecule has 1 atom stereocenters. The van der Waals surface area contributed by atoms with Crippen LogP contribution in [0.1, 0.15) is 18.5 Å². The van der Waals surface area contributed by atoms with Crippen LogP contribution in [0.5, 0.6) is 0 Å². The van der Waals surface area contributed by atoms with Crippen LogP contribution in [0, 0.1) is 5.92 Å². The van der Waals surface area contributed by atoms with Crippen molar-refractivity contribution in [1.29, 1.82) is 0 Å². The van der Waals surface area contributed by atoms with Crippen molar-refractivity contribution in [3.63, 3.8) is 0 Å². The Labute approximate surface area is 106 Å². The average molecular weight is 271 g/mol. The normalized spacial score (nSPS) is 21.9. The van der Waals surface area contributed by atoms with Crippen molar-refractivity contribution >= 4 is 15.7 Å². The van der Waals surface area contributed by atoms with Gasteiger partial charge in [0.2, 0.25) is 5.91 Å². The Morgan fingerprint density at radius 2 is 2.39 bits per heavy atom. The molecule has 6 nitrogen and oxygen atoms in total. The lowest BCUT2D eigenvalue weighted by Gasteiger charge is -2.08. The van der Waals surface area contributed by atoms with Gasteiger partial charge in [-0.05, 0) is 12.3 Å². The minimum atomic E-state index is -2.89. The van der Waals surface area contributed by atoms with E-state index in [0.29, 0.717) is 25.8 Å². The monoisotopic (exact) mass is 271 g/mol. The van der Waals surface area contributed by atoms with E-state index in [2.05, 4.69) is 15.3 Å². The van der Waals surface area contributed by atoms with E-state index in [0.717, 1.165) is 5.69 Å². The molecule has 0 bridgehead atoms. The minimum absolute atomic E-state index is 0.0119. The van der Waals surface area contributed by atoms with Crippen LogP contribution in [-0.4, -0.2) is 42.3 Å². The Bertz CT molecular complexity index is 496. The lowest BCUT2D eigenvalue weighted by atomic mass is 10.1. The number of carbonyl (C=O) groups excluding carboxylic acids is 1. The summed E-state index contributed by atoms with van der Waals surface area (Å²) in [7, 11) is -2.89. The summed E-state index contributed by atoms with van der Waals surface area (Å²) in [4.78, 5) is 18.4. The predicted octanol–water partition coefficient (Wildman–Crippen LogP) is -0.107. The van der Waals surface area contributed by atoms with E-state index in [4.69, 9.17) is 0 Å². The molecule has 7 heteroatoms. The van der Waals surface area contributed by atoms with Crippen molar-refractivity contribution in [3.8, 4) is 0 Å². The summed E-state index contributed by atoms with van der Waals surface area (Å²) >= 11 is 0. The SMILES string of the molecule is O=C(CC1CCS(=O)(=O)C1)NCCc1cnc[nH]1. The van der Waals surface area contributed by atoms with Gasteiger partial charge in [0.05, 0.1) is 17.8 Å². The topological polar surface area (TPSA) is 91.9 Å². The van der Waals surface area contributed by atoms with Gasteiger partial charge in [-0.25, -0.2) is 13.4 Å². The summed E-state index contributed by atoms with van der Waals surface area (Å²) in [6.07, 6.45) is 4.93. The van der Waals surface area contributed by atoms with Gasteiger partial charge < -0.3 is 10.3 Å². The van der Waals surface area contributed by atoms with Crippen LogP contribution in [0.25, 0.3) is 0 Å². The van der Waals surface area contributed by atoms with Gasteiger partial charge in [0.25, 0.3) is 0 Å². The zero-order valence-corrected chi connectivity index (χ0v) is 10.9. The van der Waals surface area contributed by atoms with Crippen molar-refractivity contribution in [2.24, 2.45) is 5.92 Å². The first-order valence-electron chi connectivity index (χ1n) is 5.99. The predicted molar refractivity (Wildman–Crippen MR) is 66.7 cm³/mol. The second-order valence-corrected chi connectivity index (χ2v) is 6.88. The van der Waals surface area contributed by atoms with Crippen LogP contribution in [0.2, 0.25) is 0 Å². The molecule has 0 aromatic carbocycles. The number of amides is 1. The highest BCUT2D eigenvalue weighted by atomic mass is 32.2. The minimum Gasteiger partial charge on any atom is -0.356 e. The molecule has 0 aliphatic carbocycles. The van der Waals surface area contributed by atoms with Crippen LogP contribution >= 0.6 is 0 Å². The van der Waals surface area contributed by atoms with Gasteiger partial charge in [-0.15, -0.1) is 0 Å². The van der Waals surface area contributed by atoms with Crippen LogP contribution in [0.15, 0.2) is 12.5 Å². The number of nitrogens with zero attached hydrogens (tertiary/aromatic N) is 1. The number of rotatable bonds is 5. The van der Waals surface area contributed by atoms with E-state index >= 15 is 0 Å². The largest absolute Gasteiger partial charge is 0.356 e. The number of imidazole rings is 1. The molecule has 1 aliphatic rings. The van der Waals surface area contributed by atoms with Crippen LogP contribution in [0.3, 0.4) is 0 Å². The lowest BCUT2D eigenvalue weighted by molar-refractivity contribution is -0.121. The number of aromatic amines is 1. The third-order valence-electron chi connectivity index (χ3n) is 3.07. The Morgan fingerprint density at radius 3 is 3.00 bits per heavy atom.